The van der Waals surface area contributed by atoms with Crippen molar-refractivity contribution in [1.82, 2.24) is 19.7 Å². The van der Waals surface area contributed by atoms with Gasteiger partial charge in [-0.15, -0.1) is 0 Å². The Balaban J connectivity index is 1.93. The van der Waals surface area contributed by atoms with Gasteiger partial charge >= 0.3 is 0 Å². The van der Waals surface area contributed by atoms with E-state index >= 15 is 0 Å². The number of benzene rings is 1. The van der Waals surface area contributed by atoms with Crippen molar-refractivity contribution in [3.05, 3.63) is 53.9 Å². The molecule has 0 saturated heterocycles. The van der Waals surface area contributed by atoms with E-state index in [1.165, 1.54) is 4.90 Å². The van der Waals surface area contributed by atoms with Gasteiger partial charge in [0.2, 0.25) is 0 Å². The molecule has 136 valence electrons. The van der Waals surface area contributed by atoms with E-state index in [4.69, 9.17) is 9.97 Å². The lowest BCUT2D eigenvalue weighted by molar-refractivity contribution is -0.858. The van der Waals surface area contributed by atoms with Crippen LogP contribution < -0.4 is 10.2 Å². The summed E-state index contributed by atoms with van der Waals surface area (Å²) in [4.78, 5) is 10.9. The van der Waals surface area contributed by atoms with Crippen LogP contribution in [0, 0.1) is 13.8 Å². The van der Waals surface area contributed by atoms with E-state index in [9.17, 15) is 0 Å². The molecule has 0 aliphatic rings. The molecule has 0 amide bonds. The van der Waals surface area contributed by atoms with Crippen LogP contribution in [0.5, 0.6) is 0 Å². The summed E-state index contributed by atoms with van der Waals surface area (Å²) in [6.07, 6.45) is 1.09. The molecule has 0 bridgehead atoms. The fraction of sp³-hybridized carbons (Fsp3) is 0.350. The molecule has 2 aromatic heterocycles. The number of anilines is 1. The number of aromatic nitrogens is 4. The van der Waals surface area contributed by atoms with Crippen molar-refractivity contribution in [2.45, 2.75) is 20.3 Å². The highest BCUT2D eigenvalue weighted by Gasteiger charge is 2.11. The molecule has 3 aromatic rings. The highest BCUT2D eigenvalue weighted by Crippen LogP contribution is 2.21. The van der Waals surface area contributed by atoms with Crippen LogP contribution in [0.15, 0.2) is 42.5 Å². The maximum Gasteiger partial charge on any atom is 0.253 e. The zero-order valence-corrected chi connectivity index (χ0v) is 16.0. The van der Waals surface area contributed by atoms with Crippen molar-refractivity contribution in [3.8, 4) is 17.2 Å². The number of nitrogens with zero attached hydrogens (tertiary/aromatic N) is 4. The zero-order valence-electron chi connectivity index (χ0n) is 16.0. The molecule has 0 radical (unpaired) electrons. The molecule has 26 heavy (non-hydrogen) atoms. The van der Waals surface area contributed by atoms with Crippen molar-refractivity contribution >= 4 is 5.82 Å². The van der Waals surface area contributed by atoms with Gasteiger partial charge < -0.3 is 10.2 Å². The van der Waals surface area contributed by atoms with Gasteiger partial charge in [0, 0.05) is 30.3 Å². The average Bonchev–Trinajstić information content (AvgIpc) is 2.97. The summed E-state index contributed by atoms with van der Waals surface area (Å²) < 4.78 is 1.80. The first-order chi connectivity index (χ1) is 12.5. The fourth-order valence-electron chi connectivity index (χ4n) is 2.87. The normalized spacial score (nSPS) is 11.1. The first-order valence-electron chi connectivity index (χ1n) is 9.04. The number of hydrogen-bond acceptors (Lipinski definition) is 4. The molecule has 0 fully saturated rings. The second kappa shape index (κ2) is 8.10. The molecule has 0 atom stereocenters. The van der Waals surface area contributed by atoms with Crippen LogP contribution in [0.4, 0.5) is 5.82 Å². The molecule has 6 heteroatoms. The van der Waals surface area contributed by atoms with Gasteiger partial charge in [-0.2, -0.15) is 10.1 Å². The van der Waals surface area contributed by atoms with Gasteiger partial charge in [0.25, 0.3) is 5.95 Å². The van der Waals surface area contributed by atoms with Gasteiger partial charge in [0.1, 0.15) is 5.82 Å². The van der Waals surface area contributed by atoms with Crippen LogP contribution >= 0.6 is 0 Å². The average molecular weight is 351 g/mol. The van der Waals surface area contributed by atoms with E-state index in [-0.39, 0.29) is 0 Å². The molecule has 0 unspecified atom stereocenters. The number of rotatable bonds is 7. The smallest absolute Gasteiger partial charge is 0.253 e. The third-order valence-electron chi connectivity index (χ3n) is 4.14. The Hall–Kier alpha value is -2.73. The first kappa shape index (κ1) is 18.1. The molecule has 2 heterocycles. The standard InChI is InChI=1S/C20H26N6/c1-15-13-16(2)26(24-15)20-22-18(17-9-6-5-7-10-17)14-19(23-20)21-11-8-12-25(3)4/h5-7,9-10,13-14H,8,11-12H2,1-4H3,(H,21,22,23)/p+1. The summed E-state index contributed by atoms with van der Waals surface area (Å²) in [7, 11) is 4.33. The minimum atomic E-state index is 0.595. The van der Waals surface area contributed by atoms with E-state index < -0.39 is 0 Å². The number of aryl methyl sites for hydroxylation is 2. The lowest BCUT2D eigenvalue weighted by atomic mass is 10.1. The summed E-state index contributed by atoms with van der Waals surface area (Å²) in [6.45, 7) is 6.00. The maximum atomic E-state index is 4.75. The molecule has 3 rings (SSSR count). The van der Waals surface area contributed by atoms with Crippen LogP contribution in [-0.4, -0.2) is 46.9 Å². The van der Waals surface area contributed by atoms with Crippen molar-refractivity contribution in [2.24, 2.45) is 0 Å². The fourth-order valence-corrected chi connectivity index (χ4v) is 2.87. The van der Waals surface area contributed by atoms with Gasteiger partial charge in [0.05, 0.1) is 32.0 Å². The van der Waals surface area contributed by atoms with Crippen LogP contribution in [0.1, 0.15) is 17.8 Å². The molecule has 2 N–H and O–H groups in total. The molecule has 0 aliphatic heterocycles. The van der Waals surface area contributed by atoms with Crippen molar-refractivity contribution in [1.29, 1.82) is 0 Å². The Morgan fingerprint density at radius 1 is 1.04 bits per heavy atom. The summed E-state index contributed by atoms with van der Waals surface area (Å²) in [5.74, 6) is 1.42. The summed E-state index contributed by atoms with van der Waals surface area (Å²) in [5, 5.41) is 7.98. The Bertz CT molecular complexity index is 854. The van der Waals surface area contributed by atoms with E-state index in [2.05, 4.69) is 36.6 Å². The molecular weight excluding hydrogens is 324 g/mol. The number of hydrogen-bond donors (Lipinski definition) is 2. The SMILES string of the molecule is Cc1cc(C)n(-c2nc(NCCC[NH+](C)C)cc(-c3ccccc3)n2)n1. The minimum Gasteiger partial charge on any atom is -0.370 e. The van der Waals surface area contributed by atoms with Gasteiger partial charge in [-0.3, -0.25) is 0 Å². The Labute approximate surface area is 154 Å². The molecule has 6 nitrogen and oxygen atoms in total. The summed E-state index contributed by atoms with van der Waals surface area (Å²) >= 11 is 0. The molecule has 0 aliphatic carbocycles. The predicted molar refractivity (Wildman–Crippen MR) is 105 cm³/mol. The second-order valence-corrected chi connectivity index (χ2v) is 6.88. The lowest BCUT2D eigenvalue weighted by Gasteiger charge is -2.12. The highest BCUT2D eigenvalue weighted by molar-refractivity contribution is 5.63. The monoisotopic (exact) mass is 351 g/mol. The van der Waals surface area contributed by atoms with E-state index in [1.807, 2.05) is 44.2 Å². The summed E-state index contributed by atoms with van der Waals surface area (Å²) in [5.41, 5.74) is 3.94. The molecule has 0 spiro atoms. The van der Waals surface area contributed by atoms with Crippen LogP contribution in [0.2, 0.25) is 0 Å². The van der Waals surface area contributed by atoms with Gasteiger partial charge in [0.15, 0.2) is 0 Å². The first-order valence-corrected chi connectivity index (χ1v) is 9.04. The van der Waals surface area contributed by atoms with E-state index in [0.717, 1.165) is 48.0 Å². The maximum absolute atomic E-state index is 4.75. The third-order valence-corrected chi connectivity index (χ3v) is 4.14. The van der Waals surface area contributed by atoms with E-state index in [1.54, 1.807) is 4.68 Å². The lowest BCUT2D eigenvalue weighted by Crippen LogP contribution is -3.05. The Kier molecular flexibility index (Phi) is 5.63. The molecule has 1 aromatic carbocycles. The van der Waals surface area contributed by atoms with Crippen LogP contribution in [0.25, 0.3) is 17.2 Å². The van der Waals surface area contributed by atoms with Crippen molar-refractivity contribution < 1.29 is 4.90 Å². The summed E-state index contributed by atoms with van der Waals surface area (Å²) in [6, 6.07) is 14.2. The Morgan fingerprint density at radius 2 is 1.81 bits per heavy atom. The number of nitrogens with one attached hydrogen (secondary N) is 2. The van der Waals surface area contributed by atoms with Crippen LogP contribution in [-0.2, 0) is 0 Å². The van der Waals surface area contributed by atoms with Crippen LogP contribution in [0.3, 0.4) is 0 Å². The van der Waals surface area contributed by atoms with Crippen molar-refractivity contribution in [2.75, 3.05) is 32.5 Å². The highest BCUT2D eigenvalue weighted by atomic mass is 15.4. The quantitative estimate of drug-likeness (QED) is 0.638. The predicted octanol–water partition coefficient (Wildman–Crippen LogP) is 1.89. The second-order valence-electron chi connectivity index (χ2n) is 6.88. The topological polar surface area (TPSA) is 60.1 Å². The van der Waals surface area contributed by atoms with Crippen molar-refractivity contribution in [3.63, 3.8) is 0 Å². The Morgan fingerprint density at radius 3 is 2.46 bits per heavy atom. The molecular formula is C20H27N6+. The number of quaternary nitrogens is 1. The largest absolute Gasteiger partial charge is 0.370 e. The minimum absolute atomic E-state index is 0.595. The molecule has 0 saturated carbocycles. The third kappa shape index (κ3) is 4.46. The van der Waals surface area contributed by atoms with E-state index in [0.29, 0.717) is 5.95 Å². The van der Waals surface area contributed by atoms with Gasteiger partial charge in [-0.05, 0) is 19.9 Å². The van der Waals surface area contributed by atoms with Gasteiger partial charge in [-0.25, -0.2) is 9.67 Å². The van der Waals surface area contributed by atoms with Gasteiger partial charge in [-0.1, -0.05) is 30.3 Å². The zero-order chi connectivity index (χ0) is 18.5.